The normalized spacial score (nSPS) is 12.4. The molecule has 20 nitrogen and oxygen atoms in total. The summed E-state index contributed by atoms with van der Waals surface area (Å²) in [4.78, 5) is 0. The van der Waals surface area contributed by atoms with E-state index in [1.165, 1.54) is 12.8 Å². The molecule has 0 radical (unpaired) electrons. The van der Waals surface area contributed by atoms with Crippen LogP contribution in [0.5, 0.6) is 0 Å². The Morgan fingerprint density at radius 2 is 0.250 bits per heavy atom. The van der Waals surface area contributed by atoms with Gasteiger partial charge < -0.3 is 94.7 Å². The first kappa shape index (κ1) is 81.3. The van der Waals surface area contributed by atoms with Crippen LogP contribution in [0.25, 0.3) is 0 Å². The molecule has 0 bridgehead atoms. The van der Waals surface area contributed by atoms with Crippen LogP contribution in [0.4, 0.5) is 0 Å². The van der Waals surface area contributed by atoms with Crippen molar-refractivity contribution in [3.8, 4) is 0 Å². The van der Waals surface area contributed by atoms with Crippen molar-refractivity contribution in [3.05, 3.63) is 0 Å². The first-order chi connectivity index (χ1) is 38.4. The third kappa shape index (κ3) is 83.7. The lowest BCUT2D eigenvalue weighted by Gasteiger charge is -2.17. The Labute approximate surface area is 488 Å². The van der Waals surface area contributed by atoms with Gasteiger partial charge in [0, 0.05) is 13.2 Å². The van der Waals surface area contributed by atoms with E-state index in [-0.39, 0.29) is 10.8 Å². The first-order valence-electron chi connectivity index (χ1n) is 30.0. The maximum Gasteiger partial charge on any atom is 0.0701 e. The average molecular weight is 1170 g/mol. The molecule has 0 heterocycles. The van der Waals surface area contributed by atoms with Gasteiger partial charge in [0.05, 0.1) is 251 Å². The average Bonchev–Trinajstić information content (AvgIpc) is 3.38. The zero-order valence-corrected chi connectivity index (χ0v) is 53.3. The molecule has 0 N–H and O–H groups in total. The minimum Gasteiger partial charge on any atom is -0.379 e. The highest BCUT2D eigenvalue weighted by molar-refractivity contribution is 4.62. The third-order valence-corrected chi connectivity index (χ3v) is 10.2. The van der Waals surface area contributed by atoms with Gasteiger partial charge in [-0.2, -0.15) is 0 Å². The van der Waals surface area contributed by atoms with Gasteiger partial charge in [0.1, 0.15) is 0 Å². The van der Waals surface area contributed by atoms with Gasteiger partial charge in [0.15, 0.2) is 0 Å². The summed E-state index contributed by atoms with van der Waals surface area (Å²) in [5.41, 5.74) is 1.12. The van der Waals surface area contributed by atoms with Crippen LogP contribution >= 0.6 is 0 Å². The lowest BCUT2D eigenvalue weighted by atomic mass is 9.91. The van der Waals surface area contributed by atoms with Crippen LogP contribution in [0, 0.1) is 21.7 Å². The zero-order valence-electron chi connectivity index (χ0n) is 53.3. The van der Waals surface area contributed by atoms with Gasteiger partial charge in [-0.05, 0) is 47.3 Å². The van der Waals surface area contributed by atoms with Gasteiger partial charge in [0.2, 0.25) is 0 Å². The Bertz CT molecular complexity index is 1080. The summed E-state index contributed by atoms with van der Waals surface area (Å²) in [5, 5.41) is 0. The summed E-state index contributed by atoms with van der Waals surface area (Å²) in [6, 6.07) is 0. The van der Waals surface area contributed by atoms with E-state index in [9.17, 15) is 0 Å². The maximum atomic E-state index is 5.58. The first-order valence-corrected chi connectivity index (χ1v) is 30.0. The highest BCUT2D eigenvalue weighted by atomic mass is 16.6. The molecule has 0 spiro atoms. The van der Waals surface area contributed by atoms with Crippen LogP contribution in [0.2, 0.25) is 0 Å². The number of hydrogen-bond acceptors (Lipinski definition) is 20. The molecule has 0 aliphatic heterocycles. The summed E-state index contributed by atoms with van der Waals surface area (Å²) < 4.78 is 110. The van der Waals surface area contributed by atoms with Gasteiger partial charge in [0.25, 0.3) is 0 Å². The van der Waals surface area contributed by atoms with Gasteiger partial charge in [-0.1, -0.05) is 83.1 Å². The lowest BCUT2D eigenvalue weighted by molar-refractivity contribution is -0.0291. The second-order valence-electron chi connectivity index (χ2n) is 23.6. The van der Waals surface area contributed by atoms with Crippen LogP contribution in [-0.2, 0) is 94.7 Å². The Morgan fingerprint density at radius 3 is 0.362 bits per heavy atom. The molecule has 0 aromatic carbocycles. The Hall–Kier alpha value is -0.800. The predicted octanol–water partition coefficient (Wildman–Crippen LogP) is 8.05. The van der Waals surface area contributed by atoms with E-state index in [2.05, 4.69) is 83.1 Å². The molecule has 0 saturated heterocycles. The van der Waals surface area contributed by atoms with Crippen molar-refractivity contribution in [2.45, 2.75) is 109 Å². The molecular formula is C60H124O20. The molecule has 0 aliphatic carbocycles. The SMILES string of the molecule is CC(C)(C)CCCOCCOCCOCCOCCOCCOCCOCCOCC(C)(C)C.CC(C)(C)CCCOCCOCCOCCOCCOCCOCCOCCOCCOCCOCCOCCOCC(C)(C)C. The van der Waals surface area contributed by atoms with E-state index in [1.807, 2.05) is 0 Å². The fourth-order valence-corrected chi connectivity index (χ4v) is 6.12. The second-order valence-corrected chi connectivity index (χ2v) is 23.6. The summed E-state index contributed by atoms with van der Waals surface area (Å²) in [7, 11) is 0. The van der Waals surface area contributed by atoms with Crippen molar-refractivity contribution in [2.75, 3.05) is 264 Å². The van der Waals surface area contributed by atoms with Gasteiger partial charge in [-0.25, -0.2) is 0 Å². The van der Waals surface area contributed by atoms with E-state index in [0.717, 1.165) is 39.3 Å². The summed E-state index contributed by atoms with van der Waals surface area (Å²) in [5.74, 6) is 0. The van der Waals surface area contributed by atoms with Gasteiger partial charge in [-0.15, -0.1) is 0 Å². The maximum absolute atomic E-state index is 5.58. The smallest absolute Gasteiger partial charge is 0.0701 e. The summed E-state index contributed by atoms with van der Waals surface area (Å²) in [6.07, 6.45) is 4.52. The van der Waals surface area contributed by atoms with Crippen molar-refractivity contribution in [3.63, 3.8) is 0 Å². The zero-order chi connectivity index (χ0) is 59.3. The summed E-state index contributed by atoms with van der Waals surface area (Å²) in [6.45, 7) is 49.4. The standard InChI is InChI=1S/C34H70O12.C26H54O8/c1-33(2,3)8-7-9-35-10-11-36-12-13-37-14-15-38-16-17-39-18-19-40-20-21-41-22-23-42-24-25-43-26-27-44-28-29-45-30-31-46-32-34(4,5)6;1-25(2,3)8-7-9-27-10-11-28-12-13-29-14-15-30-16-17-31-18-19-32-20-21-33-22-23-34-24-26(4,5)6/h7-32H2,1-6H3;7-24H2,1-6H3. The Kier molecular flexibility index (Phi) is 62.3. The molecule has 484 valence electrons. The van der Waals surface area contributed by atoms with Gasteiger partial charge >= 0.3 is 0 Å². The highest BCUT2D eigenvalue weighted by Crippen LogP contribution is 2.21. The number of hydrogen-bond donors (Lipinski definition) is 0. The van der Waals surface area contributed by atoms with Crippen LogP contribution in [-0.4, -0.2) is 264 Å². The molecule has 0 aromatic heterocycles. The minimum atomic E-state index is 0.183. The van der Waals surface area contributed by atoms with E-state index in [4.69, 9.17) is 94.7 Å². The minimum absolute atomic E-state index is 0.183. The molecule has 0 rings (SSSR count). The van der Waals surface area contributed by atoms with Crippen LogP contribution in [0.15, 0.2) is 0 Å². The van der Waals surface area contributed by atoms with Crippen molar-refractivity contribution < 1.29 is 94.7 Å². The lowest BCUT2D eigenvalue weighted by Crippen LogP contribution is -2.18. The molecule has 0 atom stereocenters. The number of rotatable bonds is 62. The Morgan fingerprint density at radius 1 is 0.138 bits per heavy atom. The van der Waals surface area contributed by atoms with Crippen LogP contribution in [0.1, 0.15) is 109 Å². The molecule has 0 unspecified atom stereocenters. The third-order valence-electron chi connectivity index (χ3n) is 10.2. The molecule has 0 fully saturated rings. The molecule has 0 amide bonds. The van der Waals surface area contributed by atoms with Crippen molar-refractivity contribution in [1.82, 2.24) is 0 Å². The second kappa shape index (κ2) is 61.3. The van der Waals surface area contributed by atoms with Crippen molar-refractivity contribution in [2.24, 2.45) is 21.7 Å². The van der Waals surface area contributed by atoms with Crippen molar-refractivity contribution >= 4 is 0 Å². The quantitative estimate of drug-likeness (QED) is 0.0532. The predicted molar refractivity (Wildman–Crippen MR) is 313 cm³/mol. The summed E-state index contributed by atoms with van der Waals surface area (Å²) >= 11 is 0. The van der Waals surface area contributed by atoms with Crippen LogP contribution < -0.4 is 0 Å². The topological polar surface area (TPSA) is 185 Å². The van der Waals surface area contributed by atoms with Crippen LogP contribution in [0.3, 0.4) is 0 Å². The fourth-order valence-electron chi connectivity index (χ4n) is 6.12. The van der Waals surface area contributed by atoms with E-state index >= 15 is 0 Å². The van der Waals surface area contributed by atoms with E-state index in [1.54, 1.807) is 0 Å². The molecule has 0 aliphatic rings. The van der Waals surface area contributed by atoms with E-state index < -0.39 is 0 Å². The molecule has 20 heteroatoms. The fraction of sp³-hybridized carbons (Fsp3) is 1.00. The highest BCUT2D eigenvalue weighted by Gasteiger charge is 2.12. The monoisotopic (exact) mass is 1160 g/mol. The molecular weight excluding hydrogens is 1040 g/mol. The molecule has 0 aromatic rings. The van der Waals surface area contributed by atoms with Crippen molar-refractivity contribution in [1.29, 1.82) is 0 Å². The largest absolute Gasteiger partial charge is 0.379 e. The number of ether oxygens (including phenoxy) is 20. The Balaban J connectivity index is 0. The van der Waals surface area contributed by atoms with Gasteiger partial charge in [-0.3, -0.25) is 0 Å². The molecule has 80 heavy (non-hydrogen) atoms. The van der Waals surface area contributed by atoms with E-state index in [0.29, 0.717) is 249 Å². The molecule has 0 saturated carbocycles.